The van der Waals surface area contributed by atoms with Crippen LogP contribution in [0.3, 0.4) is 0 Å². The Morgan fingerprint density at radius 1 is 0.864 bits per heavy atom. The monoisotopic (exact) mass is 306 g/mol. The van der Waals surface area contributed by atoms with Crippen molar-refractivity contribution in [3.05, 3.63) is 53.6 Å². The van der Waals surface area contributed by atoms with E-state index in [1.54, 1.807) is 6.07 Å². The van der Waals surface area contributed by atoms with Gasteiger partial charge in [0, 0.05) is 0 Å². The van der Waals surface area contributed by atoms with Crippen LogP contribution in [0.15, 0.2) is 42.5 Å². The molecule has 0 radical (unpaired) electrons. The van der Waals surface area contributed by atoms with Crippen LogP contribution in [0.1, 0.15) is 15.9 Å². The highest BCUT2D eigenvalue weighted by Gasteiger charge is 2.30. The molecule has 0 spiro atoms. The van der Waals surface area contributed by atoms with Crippen molar-refractivity contribution in [1.82, 2.24) is 0 Å². The fourth-order valence-corrected chi connectivity index (χ4v) is 2.39. The lowest BCUT2D eigenvalue weighted by Gasteiger charge is -2.09. The van der Waals surface area contributed by atoms with Crippen molar-refractivity contribution in [3.8, 4) is 5.75 Å². The Bertz CT molecular complexity index is 914. The van der Waals surface area contributed by atoms with Gasteiger partial charge in [-0.3, -0.25) is 0 Å². The molecule has 22 heavy (non-hydrogen) atoms. The Hall–Kier alpha value is -2.76. The van der Waals surface area contributed by atoms with Crippen molar-refractivity contribution in [1.29, 1.82) is 0 Å². The number of fused-ring (bicyclic) bond motifs is 2. The molecule has 3 rings (SSSR count). The lowest BCUT2D eigenvalue weighted by molar-refractivity contribution is -0.137. The number of phenols is 1. The highest BCUT2D eigenvalue weighted by molar-refractivity contribution is 6.03. The summed E-state index contributed by atoms with van der Waals surface area (Å²) in [6, 6.07) is 8.96. The number of aromatic hydroxyl groups is 1. The lowest BCUT2D eigenvalue weighted by Crippen LogP contribution is -2.04. The predicted octanol–water partition coefficient (Wildman–Crippen LogP) is 4.42. The molecule has 112 valence electrons. The molecular weight excluding hydrogens is 297 g/mol. The molecule has 6 heteroatoms. The van der Waals surface area contributed by atoms with E-state index < -0.39 is 23.5 Å². The van der Waals surface area contributed by atoms with E-state index >= 15 is 0 Å². The van der Waals surface area contributed by atoms with Gasteiger partial charge in [0.25, 0.3) is 0 Å². The second kappa shape index (κ2) is 4.62. The minimum atomic E-state index is -4.43. The first-order chi connectivity index (χ1) is 10.3. The van der Waals surface area contributed by atoms with E-state index in [-0.39, 0.29) is 5.56 Å². The van der Waals surface area contributed by atoms with Gasteiger partial charge in [-0.25, -0.2) is 4.79 Å². The normalized spacial score (nSPS) is 12.0. The molecule has 0 aliphatic heterocycles. The molecule has 0 bridgehead atoms. The Morgan fingerprint density at radius 3 is 2.09 bits per heavy atom. The minimum Gasteiger partial charge on any atom is -0.507 e. The fourth-order valence-electron chi connectivity index (χ4n) is 2.39. The number of aromatic carboxylic acids is 1. The van der Waals surface area contributed by atoms with Crippen LogP contribution in [-0.4, -0.2) is 16.2 Å². The van der Waals surface area contributed by atoms with Crippen LogP contribution in [0.2, 0.25) is 0 Å². The van der Waals surface area contributed by atoms with Gasteiger partial charge in [-0.05, 0) is 57.9 Å². The first kappa shape index (κ1) is 14.2. The highest BCUT2D eigenvalue weighted by Crippen LogP contribution is 2.34. The van der Waals surface area contributed by atoms with Gasteiger partial charge in [-0.15, -0.1) is 0 Å². The highest BCUT2D eigenvalue weighted by atomic mass is 19.4. The fraction of sp³-hybridized carbons (Fsp3) is 0.0625. The molecule has 0 atom stereocenters. The summed E-state index contributed by atoms with van der Waals surface area (Å²) < 4.78 is 38.2. The number of hydrogen-bond donors (Lipinski definition) is 2. The average molecular weight is 306 g/mol. The zero-order chi connectivity index (χ0) is 16.1. The van der Waals surface area contributed by atoms with Gasteiger partial charge in [0.2, 0.25) is 0 Å². The van der Waals surface area contributed by atoms with Crippen molar-refractivity contribution in [2.45, 2.75) is 6.18 Å². The van der Waals surface area contributed by atoms with Crippen LogP contribution in [0.5, 0.6) is 5.75 Å². The van der Waals surface area contributed by atoms with Crippen LogP contribution < -0.4 is 0 Å². The van der Waals surface area contributed by atoms with Crippen LogP contribution >= 0.6 is 0 Å². The zero-order valence-electron chi connectivity index (χ0n) is 11.0. The van der Waals surface area contributed by atoms with E-state index in [2.05, 4.69) is 0 Å². The second-order valence-electron chi connectivity index (χ2n) is 4.93. The Balaban J connectivity index is 2.29. The smallest absolute Gasteiger partial charge is 0.416 e. The molecule has 0 fully saturated rings. The van der Waals surface area contributed by atoms with Gasteiger partial charge in [0.1, 0.15) is 11.3 Å². The maximum Gasteiger partial charge on any atom is 0.416 e. The van der Waals surface area contributed by atoms with E-state index in [1.165, 1.54) is 24.3 Å². The zero-order valence-corrected chi connectivity index (χ0v) is 11.0. The molecule has 3 nitrogen and oxygen atoms in total. The molecule has 0 aliphatic carbocycles. The van der Waals surface area contributed by atoms with Gasteiger partial charge < -0.3 is 10.2 Å². The molecule has 0 unspecified atom stereocenters. The summed E-state index contributed by atoms with van der Waals surface area (Å²) >= 11 is 0. The third kappa shape index (κ3) is 2.32. The number of benzene rings is 3. The number of rotatable bonds is 1. The molecular formula is C16H9F3O3. The van der Waals surface area contributed by atoms with Gasteiger partial charge in [-0.2, -0.15) is 13.2 Å². The standard InChI is InChI=1S/C16H9F3O3/c17-16(18,19)12-2-1-8-3-10-6-13(15(21)22)14(20)7-11(10)4-9(8)5-12/h1-7,20H,(H,21,22). The molecule has 3 aromatic carbocycles. The largest absolute Gasteiger partial charge is 0.507 e. The summed E-state index contributed by atoms with van der Waals surface area (Å²) in [7, 11) is 0. The third-order valence-electron chi connectivity index (χ3n) is 3.47. The summed E-state index contributed by atoms with van der Waals surface area (Å²) in [6.45, 7) is 0. The van der Waals surface area contributed by atoms with Gasteiger partial charge in [0.15, 0.2) is 0 Å². The number of hydrogen-bond acceptors (Lipinski definition) is 2. The van der Waals surface area contributed by atoms with E-state index in [0.717, 1.165) is 12.1 Å². The van der Waals surface area contributed by atoms with Gasteiger partial charge >= 0.3 is 12.1 Å². The van der Waals surface area contributed by atoms with Crippen molar-refractivity contribution in [2.24, 2.45) is 0 Å². The second-order valence-corrected chi connectivity index (χ2v) is 4.93. The van der Waals surface area contributed by atoms with E-state index in [9.17, 15) is 23.1 Å². The Labute approximate surface area is 122 Å². The first-order valence-electron chi connectivity index (χ1n) is 6.27. The van der Waals surface area contributed by atoms with E-state index in [1.807, 2.05) is 0 Å². The molecule has 0 saturated carbocycles. The number of carbonyl (C=O) groups is 1. The number of carboxylic acid groups (broad SMARTS) is 1. The lowest BCUT2D eigenvalue weighted by atomic mass is 9.99. The molecule has 0 saturated heterocycles. The van der Waals surface area contributed by atoms with E-state index in [4.69, 9.17) is 5.11 Å². The maximum atomic E-state index is 12.7. The number of carboxylic acids is 1. The van der Waals surface area contributed by atoms with Gasteiger partial charge in [-0.1, -0.05) is 6.07 Å². The summed E-state index contributed by atoms with van der Waals surface area (Å²) in [5.41, 5.74) is -1.01. The van der Waals surface area contributed by atoms with E-state index in [0.29, 0.717) is 21.5 Å². The number of alkyl halides is 3. The average Bonchev–Trinajstić information content (AvgIpc) is 2.42. The van der Waals surface area contributed by atoms with Crippen molar-refractivity contribution >= 4 is 27.5 Å². The molecule has 0 heterocycles. The first-order valence-corrected chi connectivity index (χ1v) is 6.27. The maximum absolute atomic E-state index is 12.7. The van der Waals surface area contributed by atoms with Crippen molar-refractivity contribution < 1.29 is 28.2 Å². The number of halogens is 3. The Morgan fingerprint density at radius 2 is 1.45 bits per heavy atom. The topological polar surface area (TPSA) is 57.5 Å². The van der Waals surface area contributed by atoms with Crippen LogP contribution in [0.4, 0.5) is 13.2 Å². The Kier molecular flexibility index (Phi) is 2.98. The van der Waals surface area contributed by atoms with Crippen LogP contribution in [-0.2, 0) is 6.18 Å². The van der Waals surface area contributed by atoms with Crippen LogP contribution in [0, 0.1) is 0 Å². The minimum absolute atomic E-state index is 0.251. The SMILES string of the molecule is O=C(O)c1cc2cc3ccc(C(F)(F)F)cc3cc2cc1O. The van der Waals surface area contributed by atoms with Crippen molar-refractivity contribution in [3.63, 3.8) is 0 Å². The molecule has 0 aromatic heterocycles. The summed E-state index contributed by atoms with van der Waals surface area (Å²) in [4.78, 5) is 11.0. The summed E-state index contributed by atoms with van der Waals surface area (Å²) in [5.74, 6) is -1.70. The predicted molar refractivity (Wildman–Crippen MR) is 75.1 cm³/mol. The third-order valence-corrected chi connectivity index (χ3v) is 3.47. The van der Waals surface area contributed by atoms with Gasteiger partial charge in [0.05, 0.1) is 5.56 Å². The molecule has 2 N–H and O–H groups in total. The van der Waals surface area contributed by atoms with Crippen LogP contribution in [0.25, 0.3) is 21.5 Å². The molecule has 3 aromatic rings. The summed E-state index contributed by atoms with van der Waals surface area (Å²) in [5, 5.41) is 20.6. The molecule has 0 aliphatic rings. The quantitative estimate of drug-likeness (QED) is 0.654. The molecule has 0 amide bonds. The summed E-state index contributed by atoms with van der Waals surface area (Å²) in [6.07, 6.45) is -4.43. The van der Waals surface area contributed by atoms with Crippen molar-refractivity contribution in [2.75, 3.05) is 0 Å².